The van der Waals surface area contributed by atoms with E-state index in [1.165, 1.54) is 24.1 Å². The summed E-state index contributed by atoms with van der Waals surface area (Å²) in [6.45, 7) is 6.81. The average molecular weight is 230 g/mol. The van der Waals surface area contributed by atoms with Crippen molar-refractivity contribution in [3.63, 3.8) is 0 Å². The minimum absolute atomic E-state index is 0.853. The van der Waals surface area contributed by atoms with Gasteiger partial charge < -0.3 is 10.2 Å². The Balaban J connectivity index is 1.90. The highest BCUT2D eigenvalue weighted by atomic mass is 15.2. The number of nitrogens with one attached hydrogen (secondary N) is 1. The maximum Gasteiger partial charge on any atom is 0.0402 e. The van der Waals surface area contributed by atoms with E-state index in [0.717, 1.165) is 38.5 Å². The van der Waals surface area contributed by atoms with Crippen molar-refractivity contribution >= 4 is 5.69 Å². The minimum atomic E-state index is 0.853. The molecule has 0 amide bonds. The van der Waals surface area contributed by atoms with E-state index in [-0.39, 0.29) is 0 Å². The van der Waals surface area contributed by atoms with Crippen LogP contribution in [-0.2, 0) is 6.42 Å². The van der Waals surface area contributed by atoms with Crippen LogP contribution in [0.15, 0.2) is 18.2 Å². The van der Waals surface area contributed by atoms with Gasteiger partial charge in [-0.05, 0) is 42.4 Å². The predicted octanol–water partition coefficient (Wildman–Crippen LogP) is 2.54. The number of piperazine rings is 1. The number of rotatable bonds is 3. The minimum Gasteiger partial charge on any atom is -0.369 e. The van der Waals surface area contributed by atoms with Crippen molar-refractivity contribution in [2.45, 2.75) is 32.1 Å². The first-order chi connectivity index (χ1) is 8.38. The van der Waals surface area contributed by atoms with Crippen molar-refractivity contribution in [3.8, 4) is 0 Å². The Hall–Kier alpha value is -1.02. The van der Waals surface area contributed by atoms with Gasteiger partial charge in [-0.15, -0.1) is 0 Å². The molecule has 0 bridgehead atoms. The van der Waals surface area contributed by atoms with Gasteiger partial charge in [-0.25, -0.2) is 0 Å². The van der Waals surface area contributed by atoms with Crippen molar-refractivity contribution in [1.29, 1.82) is 0 Å². The molecule has 17 heavy (non-hydrogen) atoms. The average Bonchev–Trinajstić information content (AvgIpc) is 3.23. The summed E-state index contributed by atoms with van der Waals surface area (Å²) in [6, 6.07) is 7.12. The molecule has 0 unspecified atom stereocenters. The first-order valence-electron chi connectivity index (χ1n) is 6.97. The molecule has 2 aliphatic rings. The molecule has 0 aromatic heterocycles. The molecule has 1 aromatic carbocycles. The zero-order chi connectivity index (χ0) is 11.7. The normalized spacial score (nSPS) is 20.6. The summed E-state index contributed by atoms with van der Waals surface area (Å²) in [5.41, 5.74) is 4.61. The lowest BCUT2D eigenvalue weighted by Gasteiger charge is -2.31. The second-order valence-corrected chi connectivity index (χ2v) is 5.26. The molecule has 0 spiro atoms. The summed E-state index contributed by atoms with van der Waals surface area (Å²) >= 11 is 0. The van der Waals surface area contributed by atoms with E-state index in [9.17, 15) is 0 Å². The van der Waals surface area contributed by atoms with Gasteiger partial charge in [0.25, 0.3) is 0 Å². The third-order valence-corrected chi connectivity index (χ3v) is 3.98. The van der Waals surface area contributed by atoms with Crippen LogP contribution in [0.5, 0.6) is 0 Å². The Morgan fingerprint density at radius 2 is 2.00 bits per heavy atom. The number of aryl methyl sites for hydroxylation is 1. The fourth-order valence-corrected chi connectivity index (χ4v) is 2.74. The smallest absolute Gasteiger partial charge is 0.0402 e. The quantitative estimate of drug-likeness (QED) is 0.858. The fourth-order valence-electron chi connectivity index (χ4n) is 2.74. The van der Waals surface area contributed by atoms with Crippen LogP contribution in [0.4, 0.5) is 5.69 Å². The summed E-state index contributed by atoms with van der Waals surface area (Å²) in [5.74, 6) is 0.853. The lowest BCUT2D eigenvalue weighted by molar-refractivity contribution is 0.587. The van der Waals surface area contributed by atoms with Crippen LogP contribution in [-0.4, -0.2) is 26.2 Å². The highest BCUT2D eigenvalue weighted by molar-refractivity contribution is 5.58. The lowest BCUT2D eigenvalue weighted by Crippen LogP contribution is -2.43. The Kier molecular flexibility index (Phi) is 3.06. The van der Waals surface area contributed by atoms with Gasteiger partial charge in [0.2, 0.25) is 0 Å². The molecule has 1 N–H and O–H groups in total. The van der Waals surface area contributed by atoms with Gasteiger partial charge in [-0.2, -0.15) is 0 Å². The highest BCUT2D eigenvalue weighted by Gasteiger charge is 2.28. The van der Waals surface area contributed by atoms with Crippen molar-refractivity contribution in [3.05, 3.63) is 29.3 Å². The summed E-state index contributed by atoms with van der Waals surface area (Å²) in [5, 5.41) is 3.43. The van der Waals surface area contributed by atoms with Gasteiger partial charge in [0.15, 0.2) is 0 Å². The van der Waals surface area contributed by atoms with Crippen molar-refractivity contribution < 1.29 is 0 Å². The molecule has 1 aliphatic heterocycles. The van der Waals surface area contributed by atoms with Gasteiger partial charge >= 0.3 is 0 Å². The maximum atomic E-state index is 3.43. The Bertz CT molecular complexity index is 390. The topological polar surface area (TPSA) is 15.3 Å². The van der Waals surface area contributed by atoms with Gasteiger partial charge in [0.1, 0.15) is 0 Å². The first-order valence-corrected chi connectivity index (χ1v) is 6.97. The summed E-state index contributed by atoms with van der Waals surface area (Å²) in [7, 11) is 0. The molecule has 2 nitrogen and oxygen atoms in total. The van der Waals surface area contributed by atoms with Gasteiger partial charge in [-0.1, -0.05) is 19.1 Å². The maximum absolute atomic E-state index is 3.43. The number of nitrogens with zero attached hydrogens (tertiary/aromatic N) is 1. The Morgan fingerprint density at radius 3 is 2.65 bits per heavy atom. The summed E-state index contributed by atoms with van der Waals surface area (Å²) < 4.78 is 0. The molecule has 0 radical (unpaired) electrons. The van der Waals surface area contributed by atoms with Gasteiger partial charge in [-0.3, -0.25) is 0 Å². The molecule has 2 heteroatoms. The van der Waals surface area contributed by atoms with E-state index in [2.05, 4.69) is 35.3 Å². The Labute approximate surface area is 104 Å². The Morgan fingerprint density at radius 1 is 1.24 bits per heavy atom. The van der Waals surface area contributed by atoms with Crippen molar-refractivity contribution in [1.82, 2.24) is 5.32 Å². The highest BCUT2D eigenvalue weighted by Crippen LogP contribution is 2.44. The number of benzene rings is 1. The number of hydrogen-bond donors (Lipinski definition) is 1. The zero-order valence-corrected chi connectivity index (χ0v) is 10.7. The predicted molar refractivity (Wildman–Crippen MR) is 72.9 cm³/mol. The van der Waals surface area contributed by atoms with Gasteiger partial charge in [0, 0.05) is 31.9 Å². The molecule has 3 rings (SSSR count). The van der Waals surface area contributed by atoms with Crippen LogP contribution in [0.1, 0.15) is 36.8 Å². The molecule has 1 heterocycles. The summed E-state index contributed by atoms with van der Waals surface area (Å²) in [6.07, 6.45) is 3.94. The SMILES string of the molecule is CCc1ccc(N2CCNCC2)c(C2CC2)c1. The van der Waals surface area contributed by atoms with E-state index in [1.54, 1.807) is 5.56 Å². The van der Waals surface area contributed by atoms with Gasteiger partial charge in [0.05, 0.1) is 0 Å². The molecule has 0 atom stereocenters. The zero-order valence-electron chi connectivity index (χ0n) is 10.7. The molecule has 1 saturated heterocycles. The second kappa shape index (κ2) is 4.69. The molecule has 1 aromatic rings. The van der Waals surface area contributed by atoms with E-state index < -0.39 is 0 Å². The van der Waals surface area contributed by atoms with Crippen LogP contribution in [0.25, 0.3) is 0 Å². The molecular weight excluding hydrogens is 208 g/mol. The van der Waals surface area contributed by atoms with Crippen LogP contribution in [0, 0.1) is 0 Å². The van der Waals surface area contributed by atoms with E-state index in [4.69, 9.17) is 0 Å². The van der Waals surface area contributed by atoms with E-state index in [0.29, 0.717) is 0 Å². The van der Waals surface area contributed by atoms with Crippen LogP contribution >= 0.6 is 0 Å². The molecule has 1 aliphatic carbocycles. The number of anilines is 1. The second-order valence-electron chi connectivity index (χ2n) is 5.26. The standard InChI is InChI=1S/C15H22N2/c1-2-12-3-6-15(14(11-12)13-4-5-13)17-9-7-16-8-10-17/h3,6,11,13,16H,2,4-5,7-10H2,1H3. The van der Waals surface area contributed by atoms with Crippen LogP contribution in [0.2, 0.25) is 0 Å². The van der Waals surface area contributed by atoms with Crippen molar-refractivity contribution in [2.24, 2.45) is 0 Å². The van der Waals surface area contributed by atoms with Crippen LogP contribution in [0.3, 0.4) is 0 Å². The van der Waals surface area contributed by atoms with E-state index in [1.807, 2.05) is 0 Å². The van der Waals surface area contributed by atoms with Crippen LogP contribution < -0.4 is 10.2 Å². The fraction of sp³-hybridized carbons (Fsp3) is 0.600. The first kappa shape index (κ1) is 11.1. The van der Waals surface area contributed by atoms with Crippen molar-refractivity contribution in [2.75, 3.05) is 31.1 Å². The van der Waals surface area contributed by atoms with E-state index >= 15 is 0 Å². The molecule has 2 fully saturated rings. The third kappa shape index (κ3) is 2.32. The molecular formula is C15H22N2. The molecule has 1 saturated carbocycles. The molecule has 92 valence electrons. The third-order valence-electron chi connectivity index (χ3n) is 3.98. The monoisotopic (exact) mass is 230 g/mol. The lowest BCUT2D eigenvalue weighted by atomic mass is 10.0. The largest absolute Gasteiger partial charge is 0.369 e. The number of hydrogen-bond acceptors (Lipinski definition) is 2. The summed E-state index contributed by atoms with van der Waals surface area (Å²) in [4.78, 5) is 2.56.